The third kappa shape index (κ3) is 4.00. The molecular formula is C23H22Cl2N6. The summed E-state index contributed by atoms with van der Waals surface area (Å²) in [5.74, 6) is 0.431. The summed E-state index contributed by atoms with van der Waals surface area (Å²) in [4.78, 5) is 4.51. The first-order valence-corrected chi connectivity index (χ1v) is 9.49. The van der Waals surface area contributed by atoms with E-state index < -0.39 is 0 Å². The fourth-order valence-electron chi connectivity index (χ4n) is 3.94. The van der Waals surface area contributed by atoms with Crippen LogP contribution < -0.4 is 11.5 Å². The standard InChI is InChI=1S/C23H20N6.2ClH/c24-22(25)19-7-3-6-18-17(19)10-11-20(18)28-29-13-21(27-23(29)26)16-9-8-14-4-1-2-5-15(14)12-16;;/h1-9,12-13H,10-11H2,(H3,24,25)(H2,26,27);2*1H. The van der Waals surface area contributed by atoms with Gasteiger partial charge in [0.1, 0.15) is 5.84 Å². The van der Waals surface area contributed by atoms with Crippen molar-refractivity contribution in [1.29, 1.82) is 5.41 Å². The maximum absolute atomic E-state index is 7.78. The molecule has 0 aliphatic heterocycles. The molecule has 0 fully saturated rings. The number of imidazole rings is 1. The fraction of sp³-hybridized carbons (Fsp3) is 0.0870. The number of hydrogen-bond donors (Lipinski definition) is 3. The number of hydrogen-bond acceptors (Lipinski definition) is 4. The van der Waals surface area contributed by atoms with E-state index >= 15 is 0 Å². The second-order valence-electron chi connectivity index (χ2n) is 7.18. The number of halogens is 2. The van der Waals surface area contributed by atoms with Crippen molar-refractivity contribution in [3.63, 3.8) is 0 Å². The van der Waals surface area contributed by atoms with Crippen molar-refractivity contribution >= 4 is 53.1 Å². The Morgan fingerprint density at radius 3 is 2.52 bits per heavy atom. The molecule has 0 amide bonds. The molecule has 1 aliphatic rings. The molecule has 0 spiro atoms. The largest absolute Gasteiger partial charge is 0.384 e. The van der Waals surface area contributed by atoms with Gasteiger partial charge < -0.3 is 11.5 Å². The quantitative estimate of drug-likeness (QED) is 0.312. The van der Waals surface area contributed by atoms with E-state index in [0.29, 0.717) is 5.95 Å². The molecule has 1 aliphatic carbocycles. The molecule has 0 bridgehead atoms. The van der Waals surface area contributed by atoms with Crippen LogP contribution in [-0.4, -0.2) is 21.2 Å². The first kappa shape index (κ1) is 22.3. The minimum Gasteiger partial charge on any atom is -0.384 e. The summed E-state index contributed by atoms with van der Waals surface area (Å²) in [6.07, 6.45) is 3.46. The number of aromatic nitrogens is 2. The molecule has 0 unspecified atom stereocenters. The number of nitrogens with one attached hydrogen (secondary N) is 1. The maximum atomic E-state index is 7.78. The van der Waals surface area contributed by atoms with Crippen molar-refractivity contribution in [1.82, 2.24) is 9.66 Å². The molecule has 4 aromatic rings. The van der Waals surface area contributed by atoms with Crippen molar-refractivity contribution in [2.45, 2.75) is 12.8 Å². The zero-order valence-corrected chi connectivity index (χ0v) is 18.2. The number of nitrogen functional groups attached to an aromatic ring is 2. The van der Waals surface area contributed by atoms with Gasteiger partial charge in [-0.15, -0.1) is 24.8 Å². The van der Waals surface area contributed by atoms with E-state index in [0.717, 1.165) is 51.9 Å². The van der Waals surface area contributed by atoms with Crippen LogP contribution in [0, 0.1) is 5.41 Å². The zero-order valence-electron chi connectivity index (χ0n) is 16.6. The molecule has 6 nitrogen and oxygen atoms in total. The third-order valence-electron chi connectivity index (χ3n) is 5.38. The van der Waals surface area contributed by atoms with Crippen molar-refractivity contribution in [3.8, 4) is 11.3 Å². The number of rotatable bonds is 3. The summed E-state index contributed by atoms with van der Waals surface area (Å²) < 4.78 is 1.63. The summed E-state index contributed by atoms with van der Waals surface area (Å²) in [5, 5.41) is 14.9. The van der Waals surface area contributed by atoms with Crippen LogP contribution in [0.15, 0.2) is 72.0 Å². The van der Waals surface area contributed by atoms with E-state index in [4.69, 9.17) is 22.0 Å². The monoisotopic (exact) mass is 452 g/mol. The average Bonchev–Trinajstić information content (AvgIpc) is 3.31. The van der Waals surface area contributed by atoms with Gasteiger partial charge in [0.15, 0.2) is 0 Å². The van der Waals surface area contributed by atoms with Crippen LogP contribution in [-0.2, 0) is 6.42 Å². The van der Waals surface area contributed by atoms with Gasteiger partial charge in [-0.3, -0.25) is 5.41 Å². The second kappa shape index (κ2) is 8.79. The lowest BCUT2D eigenvalue weighted by molar-refractivity contribution is 0.883. The topological polar surface area (TPSA) is 106 Å². The minimum absolute atomic E-state index is 0. The Hall–Kier alpha value is -3.35. The van der Waals surface area contributed by atoms with Gasteiger partial charge in [0.05, 0.1) is 17.6 Å². The van der Waals surface area contributed by atoms with E-state index in [1.807, 2.05) is 42.6 Å². The highest BCUT2D eigenvalue weighted by Crippen LogP contribution is 2.28. The molecular weight excluding hydrogens is 431 g/mol. The highest BCUT2D eigenvalue weighted by molar-refractivity contribution is 6.08. The lowest BCUT2D eigenvalue weighted by Crippen LogP contribution is -2.13. The summed E-state index contributed by atoms with van der Waals surface area (Å²) in [6.45, 7) is 0. The number of fused-ring (bicyclic) bond motifs is 2. The Morgan fingerprint density at radius 1 is 0.968 bits per heavy atom. The average molecular weight is 453 g/mol. The van der Waals surface area contributed by atoms with Gasteiger partial charge in [0.25, 0.3) is 0 Å². The van der Waals surface area contributed by atoms with Crippen LogP contribution in [0.3, 0.4) is 0 Å². The molecule has 8 heteroatoms. The van der Waals surface area contributed by atoms with Crippen molar-refractivity contribution < 1.29 is 0 Å². The SMILES string of the molecule is Cl.Cl.N=C(N)c1cccc2c1CCC2=Nn1cc(-c2ccc3ccccc3c2)nc1N. The van der Waals surface area contributed by atoms with Gasteiger partial charge in [-0.25, -0.2) is 9.66 Å². The molecule has 0 saturated carbocycles. The first-order valence-electron chi connectivity index (χ1n) is 9.49. The summed E-state index contributed by atoms with van der Waals surface area (Å²) in [7, 11) is 0. The Bertz CT molecular complexity index is 1310. The summed E-state index contributed by atoms with van der Waals surface area (Å²) >= 11 is 0. The predicted molar refractivity (Wildman–Crippen MR) is 132 cm³/mol. The molecule has 0 saturated heterocycles. The van der Waals surface area contributed by atoms with Crippen molar-refractivity contribution in [2.24, 2.45) is 10.8 Å². The summed E-state index contributed by atoms with van der Waals surface area (Å²) in [5.41, 5.74) is 17.5. The van der Waals surface area contributed by atoms with Crippen LogP contribution in [0.25, 0.3) is 22.0 Å². The van der Waals surface area contributed by atoms with Crippen LogP contribution in [0.2, 0.25) is 0 Å². The van der Waals surface area contributed by atoms with E-state index in [1.165, 1.54) is 5.39 Å². The lowest BCUT2D eigenvalue weighted by atomic mass is 10.0. The third-order valence-corrected chi connectivity index (χ3v) is 5.38. The molecule has 31 heavy (non-hydrogen) atoms. The Balaban J connectivity index is 0.00000136. The number of nitrogens with zero attached hydrogens (tertiary/aromatic N) is 3. The predicted octanol–water partition coefficient (Wildman–Crippen LogP) is 4.61. The number of anilines is 1. The molecule has 5 rings (SSSR count). The molecule has 0 atom stereocenters. The molecule has 1 heterocycles. The maximum Gasteiger partial charge on any atom is 0.221 e. The lowest BCUT2D eigenvalue weighted by Gasteiger charge is -2.06. The van der Waals surface area contributed by atoms with Crippen LogP contribution >= 0.6 is 24.8 Å². The van der Waals surface area contributed by atoms with Crippen LogP contribution in [0.5, 0.6) is 0 Å². The Morgan fingerprint density at radius 2 is 1.74 bits per heavy atom. The van der Waals surface area contributed by atoms with E-state index in [1.54, 1.807) is 4.68 Å². The smallest absolute Gasteiger partial charge is 0.221 e. The molecule has 5 N–H and O–H groups in total. The van der Waals surface area contributed by atoms with Crippen LogP contribution in [0.1, 0.15) is 23.1 Å². The van der Waals surface area contributed by atoms with E-state index in [9.17, 15) is 0 Å². The van der Waals surface area contributed by atoms with E-state index in [-0.39, 0.29) is 30.6 Å². The highest BCUT2D eigenvalue weighted by Gasteiger charge is 2.22. The van der Waals surface area contributed by atoms with Gasteiger partial charge in [-0.1, -0.05) is 54.6 Å². The minimum atomic E-state index is 0. The normalized spacial score (nSPS) is 13.5. The Labute approximate surface area is 192 Å². The fourth-order valence-corrected chi connectivity index (χ4v) is 3.94. The Kier molecular flexibility index (Phi) is 6.34. The number of benzene rings is 3. The molecule has 158 valence electrons. The highest BCUT2D eigenvalue weighted by atomic mass is 35.5. The molecule has 0 radical (unpaired) electrons. The number of nitrogens with two attached hydrogens (primary N) is 2. The van der Waals surface area contributed by atoms with Gasteiger partial charge in [0.2, 0.25) is 5.95 Å². The van der Waals surface area contributed by atoms with Crippen LogP contribution in [0.4, 0.5) is 5.95 Å². The van der Waals surface area contributed by atoms with Crippen molar-refractivity contribution in [3.05, 3.63) is 83.6 Å². The van der Waals surface area contributed by atoms with Gasteiger partial charge in [0, 0.05) is 16.7 Å². The summed E-state index contributed by atoms with van der Waals surface area (Å²) in [6, 6.07) is 20.3. The van der Waals surface area contributed by atoms with Gasteiger partial charge in [-0.2, -0.15) is 5.10 Å². The second-order valence-corrected chi connectivity index (χ2v) is 7.18. The van der Waals surface area contributed by atoms with Crippen molar-refractivity contribution in [2.75, 3.05) is 5.73 Å². The van der Waals surface area contributed by atoms with E-state index in [2.05, 4.69) is 29.2 Å². The molecule has 3 aromatic carbocycles. The first-order chi connectivity index (χ1) is 14.1. The van der Waals surface area contributed by atoms with Gasteiger partial charge >= 0.3 is 0 Å². The molecule has 1 aromatic heterocycles. The zero-order chi connectivity index (χ0) is 20.0. The van der Waals surface area contributed by atoms with Gasteiger partial charge in [-0.05, 0) is 35.2 Å². The number of amidine groups is 1.